The number of ether oxygens (including phenoxy) is 2. The minimum atomic E-state index is -0.446. The van der Waals surface area contributed by atoms with Crippen molar-refractivity contribution >= 4 is 5.69 Å². The number of likely N-dealkylation sites (N-methyl/N-ethyl adjacent to an activating group) is 1. The molecular weight excluding hydrogens is 388 g/mol. The largest absolute Gasteiger partial charge is 0.493 e. The first-order valence-corrected chi connectivity index (χ1v) is 9.42. The molecule has 3 aromatic rings. The van der Waals surface area contributed by atoms with Gasteiger partial charge in [0.1, 0.15) is 0 Å². The van der Waals surface area contributed by atoms with Crippen molar-refractivity contribution in [3.05, 3.63) is 64.0 Å². The summed E-state index contributed by atoms with van der Waals surface area (Å²) in [6.45, 7) is 2.76. The number of hydrogen-bond donors (Lipinski definition) is 0. The van der Waals surface area contributed by atoms with Crippen LogP contribution in [0.3, 0.4) is 0 Å². The van der Waals surface area contributed by atoms with Gasteiger partial charge < -0.3 is 13.9 Å². The van der Waals surface area contributed by atoms with Gasteiger partial charge in [-0.25, -0.2) is 0 Å². The number of nitro groups is 1. The van der Waals surface area contributed by atoms with E-state index >= 15 is 0 Å². The summed E-state index contributed by atoms with van der Waals surface area (Å²) in [7, 11) is 5.22. The Morgan fingerprint density at radius 1 is 1.10 bits per heavy atom. The normalized spacial score (nSPS) is 12.0. The van der Waals surface area contributed by atoms with E-state index in [4.69, 9.17) is 13.9 Å². The molecule has 0 aliphatic heterocycles. The molecule has 1 aromatic heterocycles. The number of nitro benzene ring substituents is 1. The number of benzene rings is 2. The molecule has 9 heteroatoms. The lowest BCUT2D eigenvalue weighted by Gasteiger charge is -2.21. The van der Waals surface area contributed by atoms with Gasteiger partial charge in [-0.1, -0.05) is 6.07 Å². The molecule has 0 aliphatic rings. The molecule has 0 amide bonds. The standard InChI is InChI=1S/C21H24N4O5/c1-14(24(2)12-11-15-5-10-18(28-3)19(13-15)29-4)20-22-23-21(30-20)16-6-8-17(9-7-16)25(26)27/h5-10,13-14H,11-12H2,1-4H3/t14-/m1/s1. The third-order valence-electron chi connectivity index (χ3n) is 4.99. The van der Waals surface area contributed by atoms with E-state index in [1.54, 1.807) is 26.4 Å². The third-order valence-corrected chi connectivity index (χ3v) is 4.99. The summed E-state index contributed by atoms with van der Waals surface area (Å²) in [5.41, 5.74) is 1.78. The number of aromatic nitrogens is 2. The Hall–Kier alpha value is -3.46. The molecule has 0 fully saturated rings. The van der Waals surface area contributed by atoms with Crippen LogP contribution in [0.5, 0.6) is 11.5 Å². The van der Waals surface area contributed by atoms with Crippen LogP contribution in [-0.2, 0) is 6.42 Å². The maximum absolute atomic E-state index is 10.8. The van der Waals surface area contributed by atoms with Crippen molar-refractivity contribution < 1.29 is 18.8 Å². The molecule has 3 rings (SSSR count). The van der Waals surface area contributed by atoms with E-state index in [0.29, 0.717) is 28.8 Å². The van der Waals surface area contributed by atoms with Crippen LogP contribution in [0.1, 0.15) is 24.4 Å². The predicted octanol–water partition coefficient (Wildman–Crippen LogP) is 3.90. The van der Waals surface area contributed by atoms with Gasteiger partial charge >= 0.3 is 0 Å². The van der Waals surface area contributed by atoms with Gasteiger partial charge in [0.05, 0.1) is 25.2 Å². The Labute approximate surface area is 174 Å². The second-order valence-corrected chi connectivity index (χ2v) is 6.85. The average Bonchev–Trinajstić information content (AvgIpc) is 3.27. The molecule has 0 radical (unpaired) electrons. The smallest absolute Gasteiger partial charge is 0.269 e. The predicted molar refractivity (Wildman–Crippen MR) is 111 cm³/mol. The van der Waals surface area contributed by atoms with Crippen molar-refractivity contribution in [3.63, 3.8) is 0 Å². The lowest BCUT2D eigenvalue weighted by Crippen LogP contribution is -2.25. The first kappa shape index (κ1) is 21.3. The minimum absolute atomic E-state index is 0.0155. The molecular formula is C21H24N4O5. The molecule has 1 heterocycles. The minimum Gasteiger partial charge on any atom is -0.493 e. The molecule has 0 saturated carbocycles. The highest BCUT2D eigenvalue weighted by Crippen LogP contribution is 2.28. The van der Waals surface area contributed by atoms with Crippen molar-refractivity contribution in [2.45, 2.75) is 19.4 Å². The van der Waals surface area contributed by atoms with Gasteiger partial charge in [0.2, 0.25) is 11.8 Å². The molecule has 0 unspecified atom stereocenters. The Balaban J connectivity index is 1.64. The van der Waals surface area contributed by atoms with E-state index in [-0.39, 0.29) is 11.7 Å². The lowest BCUT2D eigenvalue weighted by molar-refractivity contribution is -0.384. The fourth-order valence-electron chi connectivity index (χ4n) is 2.97. The molecule has 2 aromatic carbocycles. The van der Waals surface area contributed by atoms with Gasteiger partial charge in [0, 0.05) is 24.2 Å². The Kier molecular flexibility index (Phi) is 6.63. The van der Waals surface area contributed by atoms with Crippen LogP contribution >= 0.6 is 0 Å². The van der Waals surface area contributed by atoms with Gasteiger partial charge in [-0.15, -0.1) is 10.2 Å². The van der Waals surface area contributed by atoms with Crippen LogP contribution in [0.15, 0.2) is 46.9 Å². The summed E-state index contributed by atoms with van der Waals surface area (Å²) in [5.74, 6) is 2.22. The fourth-order valence-corrected chi connectivity index (χ4v) is 2.97. The molecule has 0 N–H and O–H groups in total. The van der Waals surface area contributed by atoms with Gasteiger partial charge in [-0.2, -0.15) is 0 Å². The van der Waals surface area contributed by atoms with Crippen LogP contribution in [-0.4, -0.2) is 47.8 Å². The quantitative estimate of drug-likeness (QED) is 0.385. The van der Waals surface area contributed by atoms with Crippen molar-refractivity contribution in [1.82, 2.24) is 15.1 Å². The zero-order valence-corrected chi connectivity index (χ0v) is 17.4. The Bertz CT molecular complexity index is 1000. The Morgan fingerprint density at radius 3 is 2.43 bits per heavy atom. The first-order valence-electron chi connectivity index (χ1n) is 9.42. The highest BCUT2D eigenvalue weighted by atomic mass is 16.6. The van der Waals surface area contributed by atoms with Gasteiger partial charge in [-0.05, 0) is 50.2 Å². The Morgan fingerprint density at radius 2 is 1.80 bits per heavy atom. The first-order chi connectivity index (χ1) is 14.4. The summed E-state index contributed by atoms with van der Waals surface area (Å²) in [4.78, 5) is 12.5. The molecule has 30 heavy (non-hydrogen) atoms. The number of nitrogens with zero attached hydrogens (tertiary/aromatic N) is 4. The van der Waals surface area contributed by atoms with Crippen LogP contribution in [0, 0.1) is 10.1 Å². The van der Waals surface area contributed by atoms with Crippen molar-refractivity contribution in [1.29, 1.82) is 0 Å². The third kappa shape index (κ3) is 4.74. The molecule has 158 valence electrons. The fraction of sp³-hybridized carbons (Fsp3) is 0.333. The van der Waals surface area contributed by atoms with E-state index in [9.17, 15) is 10.1 Å². The zero-order chi connectivity index (χ0) is 21.7. The SMILES string of the molecule is COc1ccc(CCN(C)[C@H](C)c2nnc(-c3ccc([N+](=O)[O-])cc3)o2)cc1OC. The van der Waals surface area contributed by atoms with Crippen LogP contribution < -0.4 is 9.47 Å². The number of methoxy groups -OCH3 is 2. The van der Waals surface area contributed by atoms with Crippen molar-refractivity contribution in [2.24, 2.45) is 0 Å². The molecule has 0 saturated heterocycles. The summed E-state index contributed by atoms with van der Waals surface area (Å²) >= 11 is 0. The molecule has 0 aliphatic carbocycles. The lowest BCUT2D eigenvalue weighted by atomic mass is 10.1. The van der Waals surface area contributed by atoms with Crippen molar-refractivity contribution in [2.75, 3.05) is 27.8 Å². The second-order valence-electron chi connectivity index (χ2n) is 6.85. The highest BCUT2D eigenvalue weighted by Gasteiger charge is 2.19. The average molecular weight is 412 g/mol. The maximum atomic E-state index is 10.8. The monoisotopic (exact) mass is 412 g/mol. The summed E-state index contributed by atoms with van der Waals surface area (Å²) in [6.07, 6.45) is 0.810. The molecule has 0 spiro atoms. The summed E-state index contributed by atoms with van der Waals surface area (Å²) < 4.78 is 16.4. The number of non-ortho nitro benzene ring substituents is 1. The van der Waals surface area contributed by atoms with Crippen molar-refractivity contribution in [3.8, 4) is 23.0 Å². The van der Waals surface area contributed by atoms with Crippen LogP contribution in [0.2, 0.25) is 0 Å². The van der Waals surface area contributed by atoms with E-state index in [2.05, 4.69) is 15.1 Å². The molecule has 9 nitrogen and oxygen atoms in total. The second kappa shape index (κ2) is 9.36. The van der Waals surface area contributed by atoms with Gasteiger partial charge in [-0.3, -0.25) is 15.0 Å². The number of rotatable bonds is 9. The highest BCUT2D eigenvalue weighted by molar-refractivity contribution is 5.55. The van der Waals surface area contributed by atoms with Crippen LogP contribution in [0.4, 0.5) is 5.69 Å². The van der Waals surface area contributed by atoms with E-state index in [0.717, 1.165) is 18.5 Å². The topological polar surface area (TPSA) is 104 Å². The molecule has 0 bridgehead atoms. The van der Waals surface area contributed by atoms with Gasteiger partial charge in [0.25, 0.3) is 5.69 Å². The van der Waals surface area contributed by atoms with E-state index in [1.165, 1.54) is 12.1 Å². The van der Waals surface area contributed by atoms with Gasteiger partial charge in [0.15, 0.2) is 11.5 Å². The van der Waals surface area contributed by atoms with E-state index < -0.39 is 4.92 Å². The zero-order valence-electron chi connectivity index (χ0n) is 17.4. The summed E-state index contributed by atoms with van der Waals surface area (Å²) in [5, 5.41) is 19.0. The van der Waals surface area contributed by atoms with E-state index in [1.807, 2.05) is 32.2 Å². The number of hydrogen-bond acceptors (Lipinski definition) is 8. The van der Waals surface area contributed by atoms with Crippen LogP contribution in [0.25, 0.3) is 11.5 Å². The molecule has 1 atom stereocenters. The summed E-state index contributed by atoms with van der Waals surface area (Å²) in [6, 6.07) is 11.8. The maximum Gasteiger partial charge on any atom is 0.269 e.